The molecule has 0 atom stereocenters. The lowest BCUT2D eigenvalue weighted by Gasteiger charge is -2.19. The molecule has 0 bridgehead atoms. The van der Waals surface area contributed by atoms with Crippen LogP contribution in [-0.4, -0.2) is 43.2 Å². The van der Waals surface area contributed by atoms with Crippen LogP contribution in [0.15, 0.2) is 23.1 Å². The number of carbonyl (C=O) groups excluding carboxylic acids is 1. The van der Waals surface area contributed by atoms with E-state index in [9.17, 15) is 9.59 Å². The zero-order valence-electron chi connectivity index (χ0n) is 14.9. The lowest BCUT2D eigenvalue weighted by Crippen LogP contribution is -2.30. The number of aryl methyl sites for hydroxylation is 1. The van der Waals surface area contributed by atoms with Crippen LogP contribution in [0.4, 0.5) is 0 Å². The van der Waals surface area contributed by atoms with Crippen molar-refractivity contribution in [2.45, 2.75) is 26.8 Å². The summed E-state index contributed by atoms with van der Waals surface area (Å²) in [5.74, 6) is 0.846. The van der Waals surface area contributed by atoms with Gasteiger partial charge in [-0.05, 0) is 25.5 Å². The fourth-order valence-electron chi connectivity index (χ4n) is 2.77. The quantitative estimate of drug-likeness (QED) is 0.815. The van der Waals surface area contributed by atoms with Gasteiger partial charge in [0.2, 0.25) is 0 Å². The van der Waals surface area contributed by atoms with Crippen LogP contribution in [-0.2, 0) is 6.54 Å². The van der Waals surface area contributed by atoms with E-state index in [1.165, 1.54) is 14.2 Å². The Labute approximate surface area is 141 Å². The van der Waals surface area contributed by atoms with Crippen molar-refractivity contribution in [2.24, 2.45) is 0 Å². The van der Waals surface area contributed by atoms with Crippen molar-refractivity contribution in [3.8, 4) is 11.5 Å². The monoisotopic (exact) mass is 332 g/mol. The molecular weight excluding hydrogens is 308 g/mol. The maximum absolute atomic E-state index is 12.8. The molecule has 0 aliphatic rings. The van der Waals surface area contributed by atoms with E-state index in [4.69, 9.17) is 9.47 Å². The molecule has 2 aromatic rings. The van der Waals surface area contributed by atoms with Gasteiger partial charge < -0.3 is 18.9 Å². The zero-order chi connectivity index (χ0) is 17.9. The number of hydrogen-bond donors (Lipinski definition) is 0. The summed E-state index contributed by atoms with van der Waals surface area (Å²) < 4.78 is 12.2. The summed E-state index contributed by atoms with van der Waals surface area (Å²) in [4.78, 5) is 27.1. The largest absolute Gasteiger partial charge is 0.493 e. The minimum Gasteiger partial charge on any atom is -0.493 e. The average Bonchev–Trinajstić information content (AvgIpc) is 2.60. The summed E-state index contributed by atoms with van der Waals surface area (Å²) in [6.07, 6.45) is 2.50. The molecule has 0 saturated heterocycles. The molecular formula is C18H24N2O4. The highest BCUT2D eigenvalue weighted by molar-refractivity contribution is 6.07. The molecule has 1 aromatic carbocycles. The maximum atomic E-state index is 12.8. The highest BCUT2D eigenvalue weighted by atomic mass is 16.5. The van der Waals surface area contributed by atoms with Gasteiger partial charge in [-0.15, -0.1) is 0 Å². The number of pyridine rings is 1. The van der Waals surface area contributed by atoms with Gasteiger partial charge in [-0.2, -0.15) is 0 Å². The average molecular weight is 332 g/mol. The van der Waals surface area contributed by atoms with Crippen LogP contribution in [0.1, 0.15) is 30.6 Å². The summed E-state index contributed by atoms with van der Waals surface area (Å²) in [7, 11) is 4.81. The Hall–Kier alpha value is -2.50. The number of aromatic nitrogens is 1. The van der Waals surface area contributed by atoms with E-state index in [1.54, 1.807) is 34.8 Å². The third kappa shape index (κ3) is 3.09. The number of fused-ring (bicyclic) bond motifs is 1. The van der Waals surface area contributed by atoms with Crippen LogP contribution >= 0.6 is 0 Å². The Morgan fingerprint density at radius 1 is 1.12 bits per heavy atom. The molecule has 0 unspecified atom stereocenters. The van der Waals surface area contributed by atoms with Crippen molar-refractivity contribution in [1.29, 1.82) is 0 Å². The molecule has 6 heteroatoms. The highest BCUT2D eigenvalue weighted by Crippen LogP contribution is 2.32. The maximum Gasteiger partial charge on any atom is 0.258 e. The van der Waals surface area contributed by atoms with E-state index < -0.39 is 0 Å². The predicted molar refractivity (Wildman–Crippen MR) is 94.2 cm³/mol. The molecule has 0 radical (unpaired) electrons. The van der Waals surface area contributed by atoms with E-state index in [2.05, 4.69) is 0 Å². The van der Waals surface area contributed by atoms with Crippen molar-refractivity contribution < 1.29 is 14.3 Å². The molecule has 1 heterocycles. The lowest BCUT2D eigenvalue weighted by atomic mass is 10.0. The van der Waals surface area contributed by atoms with Crippen molar-refractivity contribution in [3.63, 3.8) is 0 Å². The van der Waals surface area contributed by atoms with Crippen molar-refractivity contribution in [3.05, 3.63) is 34.2 Å². The molecule has 0 aliphatic carbocycles. The number of amides is 1. The van der Waals surface area contributed by atoms with Crippen LogP contribution in [0.3, 0.4) is 0 Å². The van der Waals surface area contributed by atoms with Crippen LogP contribution in [0.5, 0.6) is 11.5 Å². The van der Waals surface area contributed by atoms with E-state index >= 15 is 0 Å². The van der Waals surface area contributed by atoms with Crippen molar-refractivity contribution >= 4 is 16.7 Å². The number of methoxy groups -OCH3 is 2. The first-order valence-electron chi connectivity index (χ1n) is 8.03. The summed E-state index contributed by atoms with van der Waals surface area (Å²) in [6, 6.07) is 3.34. The standard InChI is InChI=1S/C18H24N2O4/c1-6-8-19(3)17(21)14-11-20(7-2)18(22)13-10-16(24-5)15(23-4)9-12(13)14/h9-11H,6-8H2,1-5H3. The predicted octanol–water partition coefficient (Wildman–Crippen LogP) is 2.52. The molecule has 0 saturated carbocycles. The summed E-state index contributed by atoms with van der Waals surface area (Å²) in [5, 5.41) is 1.03. The van der Waals surface area contributed by atoms with Crippen molar-refractivity contribution in [1.82, 2.24) is 9.47 Å². The normalized spacial score (nSPS) is 10.7. The second-order valence-electron chi connectivity index (χ2n) is 5.61. The molecule has 0 fully saturated rings. The van der Waals surface area contributed by atoms with Crippen LogP contribution in [0.2, 0.25) is 0 Å². The van der Waals surface area contributed by atoms with Gasteiger partial charge in [0, 0.05) is 31.7 Å². The Morgan fingerprint density at radius 3 is 2.21 bits per heavy atom. The summed E-state index contributed by atoms with van der Waals surface area (Å²) >= 11 is 0. The van der Waals surface area contributed by atoms with Crippen LogP contribution in [0.25, 0.3) is 10.8 Å². The first kappa shape index (κ1) is 17.8. The number of hydrogen-bond acceptors (Lipinski definition) is 4. The zero-order valence-corrected chi connectivity index (χ0v) is 14.9. The van der Waals surface area contributed by atoms with Crippen LogP contribution in [0, 0.1) is 0 Å². The first-order chi connectivity index (χ1) is 11.5. The van der Waals surface area contributed by atoms with Gasteiger partial charge in [0.05, 0.1) is 25.2 Å². The summed E-state index contributed by atoms with van der Waals surface area (Å²) in [5.41, 5.74) is 0.339. The SMILES string of the molecule is CCCN(C)C(=O)c1cn(CC)c(=O)c2cc(OC)c(OC)cc12. The smallest absolute Gasteiger partial charge is 0.258 e. The second-order valence-corrected chi connectivity index (χ2v) is 5.61. The molecule has 0 N–H and O–H groups in total. The van der Waals surface area contributed by atoms with E-state index in [0.717, 1.165) is 6.42 Å². The Morgan fingerprint density at radius 2 is 1.71 bits per heavy atom. The van der Waals surface area contributed by atoms with E-state index in [0.29, 0.717) is 40.9 Å². The van der Waals surface area contributed by atoms with E-state index in [-0.39, 0.29) is 11.5 Å². The Balaban J connectivity index is 2.80. The third-order valence-electron chi connectivity index (χ3n) is 4.07. The number of ether oxygens (including phenoxy) is 2. The molecule has 24 heavy (non-hydrogen) atoms. The van der Waals surface area contributed by atoms with Crippen LogP contribution < -0.4 is 15.0 Å². The van der Waals surface area contributed by atoms with Gasteiger partial charge in [0.1, 0.15) is 0 Å². The fraction of sp³-hybridized carbons (Fsp3) is 0.444. The van der Waals surface area contributed by atoms with Gasteiger partial charge in [0.25, 0.3) is 11.5 Å². The highest BCUT2D eigenvalue weighted by Gasteiger charge is 2.20. The minimum atomic E-state index is -0.150. The number of benzene rings is 1. The summed E-state index contributed by atoms with van der Waals surface area (Å²) in [6.45, 7) is 5.03. The minimum absolute atomic E-state index is 0.115. The van der Waals surface area contributed by atoms with Gasteiger partial charge in [-0.1, -0.05) is 6.92 Å². The molecule has 130 valence electrons. The first-order valence-corrected chi connectivity index (χ1v) is 8.03. The molecule has 1 amide bonds. The van der Waals surface area contributed by atoms with Gasteiger partial charge in [-0.25, -0.2) is 0 Å². The molecule has 0 spiro atoms. The molecule has 0 aliphatic heterocycles. The second kappa shape index (κ2) is 7.38. The number of carbonyl (C=O) groups is 1. The number of nitrogens with zero attached hydrogens (tertiary/aromatic N) is 2. The van der Waals surface area contributed by atoms with Gasteiger partial charge >= 0.3 is 0 Å². The Bertz CT molecular complexity index is 811. The molecule has 6 nitrogen and oxygen atoms in total. The van der Waals surface area contributed by atoms with Gasteiger partial charge in [-0.3, -0.25) is 9.59 Å². The molecule has 2 rings (SSSR count). The lowest BCUT2D eigenvalue weighted by molar-refractivity contribution is 0.0796. The number of rotatable bonds is 6. The topological polar surface area (TPSA) is 60.8 Å². The van der Waals surface area contributed by atoms with Gasteiger partial charge in [0.15, 0.2) is 11.5 Å². The fourth-order valence-corrected chi connectivity index (χ4v) is 2.77. The molecule has 1 aromatic heterocycles. The third-order valence-corrected chi connectivity index (χ3v) is 4.07. The Kier molecular flexibility index (Phi) is 5.49. The van der Waals surface area contributed by atoms with Crippen molar-refractivity contribution in [2.75, 3.05) is 27.8 Å². The van der Waals surface area contributed by atoms with E-state index in [1.807, 2.05) is 13.8 Å².